The zero-order valence-electron chi connectivity index (χ0n) is 15.1. The Hall–Kier alpha value is -3.00. The van der Waals surface area contributed by atoms with Gasteiger partial charge in [0.05, 0.1) is 5.56 Å². The predicted molar refractivity (Wildman–Crippen MR) is 98.3 cm³/mol. The summed E-state index contributed by atoms with van der Waals surface area (Å²) in [6.07, 6.45) is 2.49. The molecule has 3 heterocycles. The van der Waals surface area contributed by atoms with Gasteiger partial charge in [0.25, 0.3) is 5.89 Å². The molecule has 140 valence electrons. The number of rotatable bonds is 6. The molecule has 2 N–H and O–H groups in total. The van der Waals surface area contributed by atoms with E-state index in [9.17, 15) is 5.11 Å². The standard InChI is InChI=1S/C19H21N5O3/c1-12-11-17(22-18(21-12)13-5-2-3-6-14(13)25)20-9-8-16-23-19(27-24-16)15-7-4-10-26-15/h2-3,5-6,11,15,25H,4,7-10H2,1H3,(H,20,21,22). The Morgan fingerprint density at radius 3 is 2.93 bits per heavy atom. The number of aromatic nitrogens is 4. The molecule has 1 saturated heterocycles. The lowest BCUT2D eigenvalue weighted by Crippen LogP contribution is -2.09. The molecule has 0 amide bonds. The van der Waals surface area contributed by atoms with Crippen LogP contribution in [0.1, 0.15) is 36.4 Å². The monoisotopic (exact) mass is 367 g/mol. The van der Waals surface area contributed by atoms with E-state index in [1.807, 2.05) is 19.1 Å². The third kappa shape index (κ3) is 4.06. The number of benzene rings is 1. The molecule has 1 aromatic carbocycles. The number of anilines is 1. The molecule has 8 heteroatoms. The molecular weight excluding hydrogens is 346 g/mol. The van der Waals surface area contributed by atoms with Crippen LogP contribution < -0.4 is 5.32 Å². The Kier molecular flexibility index (Phi) is 4.97. The van der Waals surface area contributed by atoms with Crippen LogP contribution in [0.15, 0.2) is 34.9 Å². The van der Waals surface area contributed by atoms with Crippen molar-refractivity contribution in [2.24, 2.45) is 0 Å². The molecule has 8 nitrogen and oxygen atoms in total. The van der Waals surface area contributed by atoms with Gasteiger partial charge < -0.3 is 19.7 Å². The third-order valence-corrected chi connectivity index (χ3v) is 4.34. The Morgan fingerprint density at radius 1 is 1.22 bits per heavy atom. The van der Waals surface area contributed by atoms with Gasteiger partial charge in [-0.05, 0) is 31.9 Å². The number of hydrogen-bond acceptors (Lipinski definition) is 8. The number of phenolic OH excluding ortho intramolecular Hbond substituents is 1. The smallest absolute Gasteiger partial charge is 0.255 e. The van der Waals surface area contributed by atoms with Gasteiger partial charge in [-0.2, -0.15) is 4.98 Å². The molecule has 0 bridgehead atoms. The van der Waals surface area contributed by atoms with Crippen molar-refractivity contribution in [3.8, 4) is 17.1 Å². The highest BCUT2D eigenvalue weighted by Gasteiger charge is 2.23. The quantitative estimate of drug-likeness (QED) is 0.685. The fraction of sp³-hybridized carbons (Fsp3) is 0.368. The molecule has 1 fully saturated rings. The van der Waals surface area contributed by atoms with Crippen LogP contribution in [0, 0.1) is 6.92 Å². The first-order valence-corrected chi connectivity index (χ1v) is 9.01. The SMILES string of the molecule is Cc1cc(NCCc2noc(C3CCCO3)n2)nc(-c2ccccc2O)n1. The van der Waals surface area contributed by atoms with E-state index in [4.69, 9.17) is 9.26 Å². The van der Waals surface area contributed by atoms with Crippen molar-refractivity contribution in [3.63, 3.8) is 0 Å². The highest BCUT2D eigenvalue weighted by molar-refractivity contribution is 5.64. The number of phenols is 1. The molecule has 3 aromatic rings. The summed E-state index contributed by atoms with van der Waals surface area (Å²) in [6, 6.07) is 8.88. The van der Waals surface area contributed by atoms with Crippen LogP contribution in [0.2, 0.25) is 0 Å². The van der Waals surface area contributed by atoms with E-state index in [0.29, 0.717) is 41.9 Å². The van der Waals surface area contributed by atoms with Gasteiger partial charge in [0.2, 0.25) is 0 Å². The molecule has 0 spiro atoms. The summed E-state index contributed by atoms with van der Waals surface area (Å²) in [5, 5.41) is 17.3. The van der Waals surface area contributed by atoms with Crippen LogP contribution >= 0.6 is 0 Å². The minimum absolute atomic E-state index is 0.0650. The zero-order valence-corrected chi connectivity index (χ0v) is 15.1. The van der Waals surface area contributed by atoms with E-state index in [-0.39, 0.29) is 11.9 Å². The normalized spacial score (nSPS) is 16.6. The molecule has 0 aliphatic carbocycles. The van der Waals surface area contributed by atoms with Gasteiger partial charge in [-0.15, -0.1) is 0 Å². The van der Waals surface area contributed by atoms with E-state index < -0.39 is 0 Å². The summed E-state index contributed by atoms with van der Waals surface area (Å²) < 4.78 is 10.8. The highest BCUT2D eigenvalue weighted by Crippen LogP contribution is 2.28. The second kappa shape index (κ2) is 7.71. The lowest BCUT2D eigenvalue weighted by Gasteiger charge is -2.09. The summed E-state index contributed by atoms with van der Waals surface area (Å²) in [6.45, 7) is 3.24. The molecule has 1 aliphatic heterocycles. The van der Waals surface area contributed by atoms with Crippen molar-refractivity contribution >= 4 is 5.82 Å². The van der Waals surface area contributed by atoms with Crippen LogP contribution in [0.3, 0.4) is 0 Å². The van der Waals surface area contributed by atoms with Crippen molar-refractivity contribution in [2.75, 3.05) is 18.5 Å². The largest absolute Gasteiger partial charge is 0.507 e. The van der Waals surface area contributed by atoms with Crippen LogP contribution in [0.25, 0.3) is 11.4 Å². The minimum Gasteiger partial charge on any atom is -0.507 e. The lowest BCUT2D eigenvalue weighted by atomic mass is 10.2. The molecule has 4 rings (SSSR count). The maximum Gasteiger partial charge on any atom is 0.255 e. The van der Waals surface area contributed by atoms with Crippen LogP contribution in [-0.2, 0) is 11.2 Å². The number of ether oxygens (including phenoxy) is 1. The lowest BCUT2D eigenvalue weighted by molar-refractivity contribution is 0.0835. The first-order chi connectivity index (χ1) is 13.2. The third-order valence-electron chi connectivity index (χ3n) is 4.34. The van der Waals surface area contributed by atoms with E-state index in [2.05, 4.69) is 25.4 Å². The van der Waals surface area contributed by atoms with E-state index in [1.54, 1.807) is 18.2 Å². The van der Waals surface area contributed by atoms with Gasteiger partial charge in [0.1, 0.15) is 17.7 Å². The van der Waals surface area contributed by atoms with Gasteiger partial charge in [-0.1, -0.05) is 17.3 Å². The minimum atomic E-state index is -0.0650. The average molecular weight is 367 g/mol. The van der Waals surface area contributed by atoms with Crippen LogP contribution in [0.5, 0.6) is 5.75 Å². The topological polar surface area (TPSA) is 106 Å². The molecule has 1 unspecified atom stereocenters. The van der Waals surface area contributed by atoms with Crippen LogP contribution in [-0.4, -0.2) is 38.4 Å². The van der Waals surface area contributed by atoms with Gasteiger partial charge in [-0.25, -0.2) is 9.97 Å². The maximum absolute atomic E-state index is 10.0. The first kappa shape index (κ1) is 17.4. The molecule has 27 heavy (non-hydrogen) atoms. The van der Waals surface area contributed by atoms with E-state index in [1.165, 1.54) is 0 Å². The van der Waals surface area contributed by atoms with Gasteiger partial charge in [-0.3, -0.25) is 0 Å². The molecule has 0 saturated carbocycles. The zero-order chi connectivity index (χ0) is 18.6. The fourth-order valence-corrected chi connectivity index (χ4v) is 3.02. The van der Waals surface area contributed by atoms with Crippen molar-refractivity contribution in [1.29, 1.82) is 0 Å². The summed E-state index contributed by atoms with van der Waals surface area (Å²) in [5.41, 5.74) is 1.41. The van der Waals surface area contributed by atoms with Crippen molar-refractivity contribution in [2.45, 2.75) is 32.3 Å². The summed E-state index contributed by atoms with van der Waals surface area (Å²) in [7, 11) is 0. The number of hydrogen-bond donors (Lipinski definition) is 2. The molecule has 1 atom stereocenters. The average Bonchev–Trinajstić information content (AvgIpc) is 3.33. The Labute approximate surface area is 156 Å². The highest BCUT2D eigenvalue weighted by atomic mass is 16.5. The van der Waals surface area contributed by atoms with E-state index >= 15 is 0 Å². The van der Waals surface area contributed by atoms with Crippen molar-refractivity contribution in [1.82, 2.24) is 20.1 Å². The first-order valence-electron chi connectivity index (χ1n) is 9.01. The van der Waals surface area contributed by atoms with Gasteiger partial charge in [0.15, 0.2) is 11.6 Å². The predicted octanol–water partition coefficient (Wildman–Crippen LogP) is 3.05. The summed E-state index contributed by atoms with van der Waals surface area (Å²) in [5.74, 6) is 2.52. The molecular formula is C19H21N5O3. The molecule has 2 aromatic heterocycles. The Morgan fingerprint density at radius 2 is 2.11 bits per heavy atom. The molecule has 0 radical (unpaired) electrons. The second-order valence-corrected chi connectivity index (χ2v) is 6.46. The van der Waals surface area contributed by atoms with Crippen molar-refractivity contribution < 1.29 is 14.4 Å². The number of nitrogens with zero attached hydrogens (tertiary/aromatic N) is 4. The Bertz CT molecular complexity index is 921. The van der Waals surface area contributed by atoms with Crippen LogP contribution in [0.4, 0.5) is 5.82 Å². The van der Waals surface area contributed by atoms with Gasteiger partial charge >= 0.3 is 0 Å². The Balaban J connectivity index is 1.40. The fourth-order valence-electron chi connectivity index (χ4n) is 3.02. The number of aromatic hydroxyl groups is 1. The molecule has 1 aliphatic rings. The van der Waals surface area contributed by atoms with E-state index in [0.717, 1.165) is 25.1 Å². The van der Waals surface area contributed by atoms with Gasteiger partial charge in [0, 0.05) is 31.3 Å². The maximum atomic E-state index is 10.0. The van der Waals surface area contributed by atoms with Crippen molar-refractivity contribution in [3.05, 3.63) is 47.7 Å². The number of aryl methyl sites for hydroxylation is 1. The summed E-state index contributed by atoms with van der Waals surface area (Å²) >= 11 is 0. The number of para-hydroxylation sites is 1. The summed E-state index contributed by atoms with van der Waals surface area (Å²) in [4.78, 5) is 13.3. The second-order valence-electron chi connectivity index (χ2n) is 6.46. The number of nitrogens with one attached hydrogen (secondary N) is 1.